The zero-order valence-electron chi connectivity index (χ0n) is 20.5. The Morgan fingerprint density at radius 1 is 0.971 bits per heavy atom. The van der Waals surface area contributed by atoms with E-state index in [-0.39, 0.29) is 12.5 Å². The molecule has 0 bridgehead atoms. The van der Waals surface area contributed by atoms with Crippen molar-refractivity contribution >= 4 is 23.7 Å². The molecule has 0 aliphatic rings. The van der Waals surface area contributed by atoms with Gasteiger partial charge in [0.25, 0.3) is 5.91 Å². The van der Waals surface area contributed by atoms with E-state index in [1.165, 1.54) is 0 Å². The van der Waals surface area contributed by atoms with Crippen molar-refractivity contribution in [3.63, 3.8) is 0 Å². The van der Waals surface area contributed by atoms with Crippen LogP contribution in [0.4, 0.5) is 0 Å². The highest BCUT2D eigenvalue weighted by Crippen LogP contribution is 2.29. The number of hydrogen-bond donors (Lipinski definition) is 1. The molecule has 0 radical (unpaired) electrons. The lowest BCUT2D eigenvalue weighted by atomic mass is 10.0. The summed E-state index contributed by atoms with van der Waals surface area (Å²) in [6.07, 6.45) is 1.55. The van der Waals surface area contributed by atoms with Crippen LogP contribution < -0.4 is 19.6 Å². The Bertz CT molecular complexity index is 1160. The smallest absolute Gasteiger partial charge is 0.277 e. The van der Waals surface area contributed by atoms with Gasteiger partial charge >= 0.3 is 0 Å². The fourth-order valence-electron chi connectivity index (χ4n) is 3.33. The van der Waals surface area contributed by atoms with Gasteiger partial charge in [-0.2, -0.15) is 5.10 Å². The standard InChI is InChI=1S/C28H31ClN2O4/c1-5-33-27-15-22(9-13-25(27)34-17-21-7-10-23(29)11-8-21)16-30-31-28(32)18-35-26-14-20(4)6-12-24(26)19(2)3/h6-16,19H,5,17-18H2,1-4H3,(H,31,32)/b30-16+. The maximum Gasteiger partial charge on any atom is 0.277 e. The summed E-state index contributed by atoms with van der Waals surface area (Å²) in [6, 6.07) is 19.0. The number of halogens is 1. The second-order valence-corrected chi connectivity index (χ2v) is 8.77. The first-order valence-electron chi connectivity index (χ1n) is 11.5. The third-order valence-electron chi connectivity index (χ3n) is 5.13. The SMILES string of the molecule is CCOc1cc(/C=N/NC(=O)COc2cc(C)ccc2C(C)C)ccc1OCc1ccc(Cl)cc1. The van der Waals surface area contributed by atoms with Crippen LogP contribution in [0.2, 0.25) is 5.02 Å². The molecule has 0 fully saturated rings. The molecule has 184 valence electrons. The quantitative estimate of drug-likeness (QED) is 0.251. The van der Waals surface area contributed by atoms with E-state index in [2.05, 4.69) is 24.4 Å². The Kier molecular flexibility index (Phi) is 9.56. The monoisotopic (exact) mass is 494 g/mol. The van der Waals surface area contributed by atoms with Crippen molar-refractivity contribution < 1.29 is 19.0 Å². The fourth-order valence-corrected chi connectivity index (χ4v) is 3.46. The lowest BCUT2D eigenvalue weighted by molar-refractivity contribution is -0.123. The predicted octanol–water partition coefficient (Wildman–Crippen LogP) is 6.28. The molecule has 7 heteroatoms. The van der Waals surface area contributed by atoms with Gasteiger partial charge in [-0.25, -0.2) is 5.43 Å². The van der Waals surface area contributed by atoms with Crippen molar-refractivity contribution in [2.75, 3.05) is 13.2 Å². The topological polar surface area (TPSA) is 69.2 Å². The second-order valence-electron chi connectivity index (χ2n) is 8.33. The lowest BCUT2D eigenvalue weighted by Crippen LogP contribution is -2.25. The number of hydrogen-bond acceptors (Lipinski definition) is 5. The van der Waals surface area contributed by atoms with Gasteiger partial charge in [-0.15, -0.1) is 0 Å². The Morgan fingerprint density at radius 2 is 1.74 bits per heavy atom. The van der Waals surface area contributed by atoms with Crippen LogP contribution in [0.25, 0.3) is 0 Å². The summed E-state index contributed by atoms with van der Waals surface area (Å²) in [5.74, 6) is 1.89. The minimum absolute atomic E-state index is 0.123. The summed E-state index contributed by atoms with van der Waals surface area (Å²) in [4.78, 5) is 12.2. The third-order valence-corrected chi connectivity index (χ3v) is 5.38. The van der Waals surface area contributed by atoms with Crippen LogP contribution in [0.15, 0.2) is 65.8 Å². The van der Waals surface area contributed by atoms with Crippen molar-refractivity contribution in [3.05, 3.63) is 87.9 Å². The minimum atomic E-state index is -0.342. The van der Waals surface area contributed by atoms with Crippen LogP contribution in [0, 0.1) is 6.92 Å². The summed E-state index contributed by atoms with van der Waals surface area (Å²) >= 11 is 5.94. The highest BCUT2D eigenvalue weighted by Gasteiger charge is 2.10. The molecule has 6 nitrogen and oxygen atoms in total. The van der Waals surface area contributed by atoms with Crippen LogP contribution in [-0.4, -0.2) is 25.3 Å². The molecule has 0 spiro atoms. The summed E-state index contributed by atoms with van der Waals surface area (Å²) in [5, 5.41) is 4.73. The zero-order valence-corrected chi connectivity index (χ0v) is 21.3. The molecule has 0 aliphatic heterocycles. The summed E-state index contributed by atoms with van der Waals surface area (Å²) in [7, 11) is 0. The molecule has 0 saturated carbocycles. The predicted molar refractivity (Wildman–Crippen MR) is 140 cm³/mol. The molecule has 0 atom stereocenters. The number of nitrogens with zero attached hydrogens (tertiary/aromatic N) is 1. The van der Waals surface area contributed by atoms with E-state index < -0.39 is 0 Å². The highest BCUT2D eigenvalue weighted by molar-refractivity contribution is 6.30. The summed E-state index contributed by atoms with van der Waals surface area (Å²) in [5.41, 5.74) is 6.40. The Labute approximate surface area is 211 Å². The molecule has 3 aromatic rings. The molecule has 0 aromatic heterocycles. The first-order chi connectivity index (χ1) is 16.9. The van der Waals surface area contributed by atoms with E-state index in [4.69, 9.17) is 25.8 Å². The number of benzene rings is 3. The third kappa shape index (κ3) is 8.04. The van der Waals surface area contributed by atoms with Gasteiger partial charge in [0.15, 0.2) is 18.1 Å². The fraction of sp³-hybridized carbons (Fsp3) is 0.286. The average Bonchev–Trinajstić information content (AvgIpc) is 2.83. The van der Waals surface area contributed by atoms with Crippen molar-refractivity contribution in [1.29, 1.82) is 0 Å². The van der Waals surface area contributed by atoms with Crippen LogP contribution in [0.3, 0.4) is 0 Å². The van der Waals surface area contributed by atoms with E-state index in [0.717, 1.165) is 28.0 Å². The largest absolute Gasteiger partial charge is 0.490 e. The highest BCUT2D eigenvalue weighted by atomic mass is 35.5. The summed E-state index contributed by atoms with van der Waals surface area (Å²) < 4.78 is 17.4. The van der Waals surface area contributed by atoms with Gasteiger partial charge in [0.1, 0.15) is 12.4 Å². The van der Waals surface area contributed by atoms with E-state index >= 15 is 0 Å². The molecule has 1 N–H and O–H groups in total. The van der Waals surface area contributed by atoms with E-state index in [1.807, 2.05) is 74.5 Å². The molecule has 1 amide bonds. The van der Waals surface area contributed by atoms with Crippen LogP contribution in [0.1, 0.15) is 48.9 Å². The second kappa shape index (κ2) is 12.8. The Hall–Kier alpha value is -3.51. The van der Waals surface area contributed by atoms with Gasteiger partial charge in [0.05, 0.1) is 12.8 Å². The Balaban J connectivity index is 1.57. The number of amides is 1. The molecule has 0 heterocycles. The maximum absolute atomic E-state index is 12.2. The number of carbonyl (C=O) groups excluding carboxylic acids is 1. The van der Waals surface area contributed by atoms with Crippen LogP contribution >= 0.6 is 11.6 Å². The van der Waals surface area contributed by atoms with Crippen molar-refractivity contribution in [2.24, 2.45) is 5.10 Å². The summed E-state index contributed by atoms with van der Waals surface area (Å²) in [6.45, 7) is 8.83. The number of rotatable bonds is 11. The molecule has 0 unspecified atom stereocenters. The van der Waals surface area contributed by atoms with Gasteiger partial charge in [-0.05, 0) is 78.4 Å². The first-order valence-corrected chi connectivity index (χ1v) is 11.9. The van der Waals surface area contributed by atoms with Gasteiger partial charge in [0.2, 0.25) is 0 Å². The number of ether oxygens (including phenoxy) is 3. The maximum atomic E-state index is 12.2. The van der Waals surface area contributed by atoms with E-state index in [9.17, 15) is 4.79 Å². The number of nitrogens with one attached hydrogen (secondary N) is 1. The number of hydrazone groups is 1. The van der Waals surface area contributed by atoms with Crippen molar-refractivity contribution in [1.82, 2.24) is 5.43 Å². The molecule has 0 aliphatic carbocycles. The zero-order chi connectivity index (χ0) is 25.2. The number of aryl methyl sites for hydroxylation is 1. The van der Waals surface area contributed by atoms with Crippen molar-refractivity contribution in [3.8, 4) is 17.2 Å². The van der Waals surface area contributed by atoms with Crippen LogP contribution in [0.5, 0.6) is 17.2 Å². The molecule has 35 heavy (non-hydrogen) atoms. The van der Waals surface area contributed by atoms with Gasteiger partial charge in [-0.1, -0.05) is 49.7 Å². The normalized spacial score (nSPS) is 11.0. The lowest BCUT2D eigenvalue weighted by Gasteiger charge is -2.14. The van der Waals surface area contributed by atoms with Gasteiger partial charge in [0, 0.05) is 5.02 Å². The molecule has 3 rings (SSSR count). The van der Waals surface area contributed by atoms with E-state index in [0.29, 0.717) is 35.7 Å². The first kappa shape index (κ1) is 26.1. The Morgan fingerprint density at radius 3 is 2.46 bits per heavy atom. The molecular weight excluding hydrogens is 464 g/mol. The molecule has 3 aromatic carbocycles. The number of carbonyl (C=O) groups is 1. The molecular formula is C28H31ClN2O4. The molecule has 0 saturated heterocycles. The minimum Gasteiger partial charge on any atom is -0.490 e. The average molecular weight is 495 g/mol. The van der Waals surface area contributed by atoms with Crippen molar-refractivity contribution in [2.45, 2.75) is 40.2 Å². The van der Waals surface area contributed by atoms with E-state index in [1.54, 1.807) is 6.21 Å². The van der Waals surface area contributed by atoms with Gasteiger partial charge < -0.3 is 14.2 Å². The van der Waals surface area contributed by atoms with Gasteiger partial charge in [-0.3, -0.25) is 4.79 Å². The van der Waals surface area contributed by atoms with Crippen LogP contribution in [-0.2, 0) is 11.4 Å².